The number of carboxylic acid groups (broad SMARTS) is 1. The maximum atomic E-state index is 14.0. The Kier molecular flexibility index (Phi) is 8.94. The summed E-state index contributed by atoms with van der Waals surface area (Å²) in [6, 6.07) is 5.38. The van der Waals surface area contributed by atoms with Crippen molar-refractivity contribution < 1.29 is 19.5 Å². The van der Waals surface area contributed by atoms with E-state index in [1.807, 2.05) is 52.0 Å². The van der Waals surface area contributed by atoms with Gasteiger partial charge in [0, 0.05) is 36.1 Å². The third-order valence-corrected chi connectivity index (χ3v) is 9.64. The number of fused-ring (bicyclic) bond motifs is 1. The summed E-state index contributed by atoms with van der Waals surface area (Å²) in [5.41, 5.74) is 8.15. The molecule has 2 aliphatic heterocycles. The van der Waals surface area contributed by atoms with Crippen LogP contribution in [-0.4, -0.2) is 69.0 Å². The van der Waals surface area contributed by atoms with Gasteiger partial charge in [-0.05, 0) is 37.3 Å². The van der Waals surface area contributed by atoms with Crippen LogP contribution < -0.4 is 16.4 Å². The summed E-state index contributed by atoms with van der Waals surface area (Å²) in [6.07, 6.45) is 0.664. The van der Waals surface area contributed by atoms with Crippen LogP contribution in [0.2, 0.25) is 0 Å². The smallest absolute Gasteiger partial charge is 0.326 e. The summed E-state index contributed by atoms with van der Waals surface area (Å²) in [6.45, 7) is 8.67. The zero-order valence-electron chi connectivity index (χ0n) is 20.2. The van der Waals surface area contributed by atoms with Crippen LogP contribution in [-0.2, 0) is 27.3 Å². The highest BCUT2D eigenvalue weighted by Crippen LogP contribution is 2.40. The molecule has 0 spiro atoms. The number of hydrogen-bond donors (Lipinski definition) is 4. The number of rotatable bonds is 6. The zero-order valence-corrected chi connectivity index (χ0v) is 21.9. The maximum Gasteiger partial charge on any atom is 0.326 e. The van der Waals surface area contributed by atoms with Gasteiger partial charge in [-0.3, -0.25) is 9.59 Å². The molecule has 188 valence electrons. The Bertz CT molecular complexity index is 911. The first-order valence-electron chi connectivity index (χ1n) is 11.7. The predicted octanol–water partition coefficient (Wildman–Crippen LogP) is 2.01. The Labute approximate surface area is 209 Å². The molecule has 8 nitrogen and oxygen atoms in total. The SMILES string of the molecule is CC(C)C[C@H](NC(=O)[C@@H]1Cc2ccccc2CN1C(=O)[C@H]1NC[C@@H](N)CSSC1(C)C)C(=O)O. The van der Waals surface area contributed by atoms with Crippen LogP contribution in [0.4, 0.5) is 0 Å². The molecule has 0 aromatic heterocycles. The summed E-state index contributed by atoms with van der Waals surface area (Å²) in [5, 5.41) is 15.7. The molecule has 0 bridgehead atoms. The zero-order chi connectivity index (χ0) is 25.0. The molecule has 1 saturated heterocycles. The number of amides is 2. The highest BCUT2D eigenvalue weighted by molar-refractivity contribution is 8.77. The highest BCUT2D eigenvalue weighted by atomic mass is 33.1. The number of hydrogen-bond acceptors (Lipinski definition) is 7. The minimum atomic E-state index is -1.07. The van der Waals surface area contributed by atoms with E-state index in [2.05, 4.69) is 10.6 Å². The number of nitrogens with zero attached hydrogens (tertiary/aromatic N) is 1. The van der Waals surface area contributed by atoms with Crippen molar-refractivity contribution in [2.75, 3.05) is 12.3 Å². The van der Waals surface area contributed by atoms with E-state index in [0.29, 0.717) is 25.9 Å². The Hall–Kier alpha value is -1.75. The van der Waals surface area contributed by atoms with Crippen LogP contribution in [0.5, 0.6) is 0 Å². The first-order valence-corrected chi connectivity index (χ1v) is 14.0. The first-order chi connectivity index (χ1) is 16.0. The van der Waals surface area contributed by atoms with Crippen molar-refractivity contribution in [1.29, 1.82) is 0 Å². The summed E-state index contributed by atoms with van der Waals surface area (Å²) in [7, 11) is 3.28. The summed E-state index contributed by atoms with van der Waals surface area (Å²) < 4.78 is -0.429. The van der Waals surface area contributed by atoms with Crippen molar-refractivity contribution in [2.45, 2.75) is 76.0 Å². The molecule has 0 radical (unpaired) electrons. The molecule has 1 aromatic rings. The number of carboxylic acids is 1. The molecule has 1 aromatic carbocycles. The van der Waals surface area contributed by atoms with Crippen LogP contribution in [0.15, 0.2) is 24.3 Å². The number of carbonyl (C=O) groups excluding carboxylic acids is 2. The Balaban J connectivity index is 1.90. The van der Waals surface area contributed by atoms with E-state index >= 15 is 0 Å². The Morgan fingerprint density at radius 3 is 2.59 bits per heavy atom. The van der Waals surface area contributed by atoms with Gasteiger partial charge in [-0.15, -0.1) is 0 Å². The lowest BCUT2D eigenvalue weighted by molar-refractivity contribution is -0.146. The quantitative estimate of drug-likeness (QED) is 0.430. The molecule has 0 aliphatic carbocycles. The Morgan fingerprint density at radius 1 is 1.26 bits per heavy atom. The second-order valence-corrected chi connectivity index (χ2v) is 13.1. The van der Waals surface area contributed by atoms with Crippen LogP contribution >= 0.6 is 21.6 Å². The van der Waals surface area contributed by atoms with Crippen molar-refractivity contribution in [2.24, 2.45) is 11.7 Å². The molecule has 0 saturated carbocycles. The molecule has 10 heteroatoms. The summed E-state index contributed by atoms with van der Waals surface area (Å²) in [4.78, 5) is 40.8. The lowest BCUT2D eigenvalue weighted by Gasteiger charge is -2.43. The van der Waals surface area contributed by atoms with Gasteiger partial charge >= 0.3 is 5.97 Å². The second-order valence-electron chi connectivity index (χ2n) is 10.1. The number of nitrogens with one attached hydrogen (secondary N) is 2. The van der Waals surface area contributed by atoms with Crippen LogP contribution in [0.1, 0.15) is 45.2 Å². The van der Waals surface area contributed by atoms with Gasteiger partial charge in [0.25, 0.3) is 0 Å². The number of carbonyl (C=O) groups is 3. The van der Waals surface area contributed by atoms with Crippen molar-refractivity contribution in [3.63, 3.8) is 0 Å². The maximum absolute atomic E-state index is 14.0. The van der Waals surface area contributed by atoms with E-state index < -0.39 is 34.7 Å². The summed E-state index contributed by atoms with van der Waals surface area (Å²) >= 11 is 0. The summed E-state index contributed by atoms with van der Waals surface area (Å²) in [5.74, 6) is -0.779. The van der Waals surface area contributed by atoms with Gasteiger partial charge < -0.3 is 26.4 Å². The molecule has 0 unspecified atom stereocenters. The van der Waals surface area contributed by atoms with Gasteiger partial charge in [-0.2, -0.15) is 0 Å². The molecule has 3 rings (SSSR count). The van der Waals surface area contributed by atoms with Gasteiger partial charge in [0.2, 0.25) is 11.8 Å². The van der Waals surface area contributed by atoms with Gasteiger partial charge in [-0.1, -0.05) is 59.7 Å². The first kappa shape index (κ1) is 26.8. The fourth-order valence-corrected chi connectivity index (χ4v) is 7.27. The minimum absolute atomic E-state index is 0.0718. The third kappa shape index (κ3) is 6.47. The molecule has 4 atom stereocenters. The van der Waals surface area contributed by atoms with Crippen LogP contribution in [0.25, 0.3) is 0 Å². The van der Waals surface area contributed by atoms with Crippen molar-refractivity contribution in [1.82, 2.24) is 15.5 Å². The van der Waals surface area contributed by atoms with Gasteiger partial charge in [0.1, 0.15) is 18.1 Å². The third-order valence-electron chi connectivity index (χ3n) is 6.24. The fourth-order valence-electron chi connectivity index (χ4n) is 4.40. The molecular weight excluding hydrogens is 472 g/mol. The monoisotopic (exact) mass is 508 g/mol. The molecule has 2 aliphatic rings. The molecule has 5 N–H and O–H groups in total. The number of nitrogens with two attached hydrogens (primary N) is 1. The van der Waals surface area contributed by atoms with E-state index in [4.69, 9.17) is 5.73 Å². The van der Waals surface area contributed by atoms with Gasteiger partial charge in [-0.25, -0.2) is 4.79 Å². The van der Waals surface area contributed by atoms with E-state index in [9.17, 15) is 19.5 Å². The topological polar surface area (TPSA) is 125 Å². The highest BCUT2D eigenvalue weighted by Gasteiger charge is 2.44. The van der Waals surface area contributed by atoms with E-state index in [1.165, 1.54) is 0 Å². The number of aliphatic carboxylic acids is 1. The average molecular weight is 509 g/mol. The second kappa shape index (κ2) is 11.3. The fraction of sp³-hybridized carbons (Fsp3) is 0.625. The Morgan fingerprint density at radius 2 is 1.94 bits per heavy atom. The molecule has 2 amide bonds. The molecule has 2 heterocycles. The molecular formula is C24H36N4O4S2. The van der Waals surface area contributed by atoms with Crippen molar-refractivity contribution >= 4 is 39.4 Å². The average Bonchev–Trinajstić information content (AvgIpc) is 2.76. The predicted molar refractivity (Wildman–Crippen MR) is 137 cm³/mol. The normalized spacial score (nSPS) is 25.6. The van der Waals surface area contributed by atoms with Crippen molar-refractivity contribution in [3.8, 4) is 0 Å². The minimum Gasteiger partial charge on any atom is -0.480 e. The van der Waals surface area contributed by atoms with Gasteiger partial charge in [0.05, 0.1) is 0 Å². The molecule has 34 heavy (non-hydrogen) atoms. The number of benzene rings is 1. The van der Waals surface area contributed by atoms with Gasteiger partial charge in [0.15, 0.2) is 0 Å². The van der Waals surface area contributed by atoms with E-state index in [0.717, 1.165) is 16.9 Å². The van der Waals surface area contributed by atoms with E-state index in [1.54, 1.807) is 26.5 Å². The standard InChI is InChI=1S/C24H36N4O4S2/c1-14(2)9-18(23(31)32)27-21(29)19-10-15-7-5-6-8-16(15)12-28(19)22(30)20-24(3,4)34-33-13-17(25)11-26-20/h5-8,14,17-20,26H,9-13,25H2,1-4H3,(H,27,29)(H,31,32)/t17-,18+,19+,20-/m1/s1. The lowest BCUT2D eigenvalue weighted by Crippen LogP contribution is -2.63. The van der Waals surface area contributed by atoms with Crippen LogP contribution in [0.3, 0.4) is 0 Å². The molecule has 1 fully saturated rings. The lowest BCUT2D eigenvalue weighted by atomic mass is 9.91. The van der Waals surface area contributed by atoms with Crippen LogP contribution in [0, 0.1) is 5.92 Å². The largest absolute Gasteiger partial charge is 0.480 e. The van der Waals surface area contributed by atoms with E-state index in [-0.39, 0.29) is 17.9 Å². The van der Waals surface area contributed by atoms with Crippen molar-refractivity contribution in [3.05, 3.63) is 35.4 Å².